The van der Waals surface area contributed by atoms with Gasteiger partial charge in [0, 0.05) is 17.9 Å². The van der Waals surface area contributed by atoms with Crippen LogP contribution in [0.3, 0.4) is 0 Å². The van der Waals surface area contributed by atoms with Crippen molar-refractivity contribution in [3.05, 3.63) is 76.1 Å². The monoisotopic (exact) mass is 366 g/mol. The van der Waals surface area contributed by atoms with Crippen molar-refractivity contribution in [2.45, 2.75) is 19.8 Å². The SMILES string of the molecule is CCOC(=O)c1cc2ccc(OC(=O)CCc3ccccc3)cc2oc1=O. The van der Waals surface area contributed by atoms with Crippen molar-refractivity contribution in [3.63, 3.8) is 0 Å². The van der Waals surface area contributed by atoms with Gasteiger partial charge in [-0.25, -0.2) is 9.59 Å². The fourth-order valence-corrected chi connectivity index (χ4v) is 2.58. The molecule has 1 aromatic heterocycles. The minimum absolute atomic E-state index is 0.161. The average molecular weight is 366 g/mol. The molecule has 6 heteroatoms. The van der Waals surface area contributed by atoms with E-state index in [-0.39, 0.29) is 35.9 Å². The molecule has 0 aliphatic heterocycles. The first-order chi connectivity index (χ1) is 13.1. The van der Waals surface area contributed by atoms with Gasteiger partial charge < -0.3 is 13.9 Å². The number of rotatable bonds is 6. The van der Waals surface area contributed by atoms with Gasteiger partial charge in [0.05, 0.1) is 6.61 Å². The largest absolute Gasteiger partial charge is 0.462 e. The molecule has 0 saturated heterocycles. The molecular weight excluding hydrogens is 348 g/mol. The zero-order chi connectivity index (χ0) is 19.2. The third-order valence-corrected chi connectivity index (χ3v) is 3.90. The van der Waals surface area contributed by atoms with E-state index in [1.807, 2.05) is 30.3 Å². The highest BCUT2D eigenvalue weighted by molar-refractivity contribution is 5.93. The van der Waals surface area contributed by atoms with E-state index in [0.717, 1.165) is 5.56 Å². The number of fused-ring (bicyclic) bond motifs is 1. The van der Waals surface area contributed by atoms with Gasteiger partial charge in [-0.2, -0.15) is 0 Å². The van der Waals surface area contributed by atoms with Crippen molar-refractivity contribution in [3.8, 4) is 5.75 Å². The van der Waals surface area contributed by atoms with Crippen LogP contribution in [0, 0.1) is 0 Å². The second kappa shape index (κ2) is 8.31. The first-order valence-electron chi connectivity index (χ1n) is 8.56. The van der Waals surface area contributed by atoms with Gasteiger partial charge in [0.25, 0.3) is 0 Å². The molecule has 0 atom stereocenters. The van der Waals surface area contributed by atoms with E-state index in [2.05, 4.69) is 0 Å². The Morgan fingerprint density at radius 3 is 2.56 bits per heavy atom. The summed E-state index contributed by atoms with van der Waals surface area (Å²) in [6.07, 6.45) is 0.805. The maximum Gasteiger partial charge on any atom is 0.351 e. The van der Waals surface area contributed by atoms with Crippen LogP contribution < -0.4 is 10.4 Å². The van der Waals surface area contributed by atoms with Crippen molar-refractivity contribution in [1.29, 1.82) is 0 Å². The molecule has 27 heavy (non-hydrogen) atoms. The number of hydrogen-bond donors (Lipinski definition) is 0. The van der Waals surface area contributed by atoms with Gasteiger partial charge in [-0.3, -0.25) is 4.79 Å². The van der Waals surface area contributed by atoms with E-state index in [0.29, 0.717) is 11.8 Å². The standard InChI is InChI=1S/C21H18O6/c1-2-25-20(23)17-12-15-9-10-16(13-18(15)27-21(17)24)26-19(22)11-8-14-6-4-3-5-7-14/h3-7,9-10,12-13H,2,8,11H2,1H3. The highest BCUT2D eigenvalue weighted by atomic mass is 16.5. The zero-order valence-electron chi connectivity index (χ0n) is 14.8. The molecule has 0 aliphatic carbocycles. The minimum atomic E-state index is -0.798. The average Bonchev–Trinajstić information content (AvgIpc) is 2.67. The number of carbonyl (C=O) groups is 2. The van der Waals surface area contributed by atoms with Crippen molar-refractivity contribution < 1.29 is 23.5 Å². The molecule has 1 heterocycles. The molecule has 0 unspecified atom stereocenters. The second-order valence-corrected chi connectivity index (χ2v) is 5.83. The summed E-state index contributed by atoms with van der Waals surface area (Å²) in [6.45, 7) is 1.81. The molecule has 0 saturated carbocycles. The van der Waals surface area contributed by atoms with Gasteiger partial charge in [0.15, 0.2) is 0 Å². The summed E-state index contributed by atoms with van der Waals surface area (Å²) in [4.78, 5) is 35.8. The van der Waals surface area contributed by atoms with Crippen LogP contribution in [-0.4, -0.2) is 18.5 Å². The fraction of sp³-hybridized carbons (Fsp3) is 0.190. The first kappa shape index (κ1) is 18.4. The highest BCUT2D eigenvalue weighted by Gasteiger charge is 2.15. The maximum absolute atomic E-state index is 12.0. The molecule has 3 rings (SSSR count). The van der Waals surface area contributed by atoms with Crippen LogP contribution in [0.2, 0.25) is 0 Å². The predicted octanol–water partition coefficient (Wildman–Crippen LogP) is 3.51. The van der Waals surface area contributed by atoms with Crippen LogP contribution in [0.25, 0.3) is 11.0 Å². The molecule has 0 bridgehead atoms. The topological polar surface area (TPSA) is 82.8 Å². The summed E-state index contributed by atoms with van der Waals surface area (Å²) < 4.78 is 15.3. The Kier molecular flexibility index (Phi) is 5.66. The maximum atomic E-state index is 12.0. The van der Waals surface area contributed by atoms with Gasteiger partial charge >= 0.3 is 17.6 Å². The Morgan fingerprint density at radius 1 is 1.04 bits per heavy atom. The van der Waals surface area contributed by atoms with Gasteiger partial charge in [-0.05, 0) is 37.1 Å². The van der Waals surface area contributed by atoms with E-state index in [4.69, 9.17) is 13.9 Å². The Balaban J connectivity index is 1.72. The molecule has 0 amide bonds. The van der Waals surface area contributed by atoms with Crippen LogP contribution in [0.5, 0.6) is 5.75 Å². The molecule has 6 nitrogen and oxygen atoms in total. The molecule has 3 aromatic rings. The Labute approximate surface area is 155 Å². The summed E-state index contributed by atoms with van der Waals surface area (Å²) in [5, 5.41) is 0.529. The summed E-state index contributed by atoms with van der Waals surface area (Å²) in [7, 11) is 0. The van der Waals surface area contributed by atoms with Crippen LogP contribution >= 0.6 is 0 Å². The lowest BCUT2D eigenvalue weighted by Gasteiger charge is -2.06. The van der Waals surface area contributed by atoms with Crippen molar-refractivity contribution in [2.75, 3.05) is 6.61 Å². The van der Waals surface area contributed by atoms with Crippen molar-refractivity contribution in [2.24, 2.45) is 0 Å². The Bertz CT molecular complexity index is 1020. The zero-order valence-corrected chi connectivity index (χ0v) is 14.8. The van der Waals surface area contributed by atoms with Crippen LogP contribution in [0.1, 0.15) is 29.3 Å². The molecular formula is C21H18O6. The third-order valence-electron chi connectivity index (χ3n) is 3.90. The van der Waals surface area contributed by atoms with Gasteiger partial charge in [0.2, 0.25) is 0 Å². The summed E-state index contributed by atoms with van der Waals surface area (Å²) in [5.41, 5.74) is 0.303. The highest BCUT2D eigenvalue weighted by Crippen LogP contribution is 2.21. The van der Waals surface area contributed by atoms with E-state index in [9.17, 15) is 14.4 Å². The number of ether oxygens (including phenoxy) is 2. The van der Waals surface area contributed by atoms with Crippen LogP contribution in [0.4, 0.5) is 0 Å². The summed E-state index contributed by atoms with van der Waals surface area (Å²) >= 11 is 0. The lowest BCUT2D eigenvalue weighted by molar-refractivity contribution is -0.134. The number of esters is 2. The van der Waals surface area contributed by atoms with Gasteiger partial charge in [-0.15, -0.1) is 0 Å². The normalized spacial score (nSPS) is 10.6. The number of hydrogen-bond acceptors (Lipinski definition) is 6. The minimum Gasteiger partial charge on any atom is -0.462 e. The molecule has 0 radical (unpaired) electrons. The molecule has 0 N–H and O–H groups in total. The molecule has 2 aromatic carbocycles. The fourth-order valence-electron chi connectivity index (χ4n) is 2.58. The number of carbonyl (C=O) groups excluding carboxylic acids is 2. The van der Waals surface area contributed by atoms with Crippen molar-refractivity contribution >= 4 is 22.9 Å². The quantitative estimate of drug-likeness (QED) is 0.377. The summed E-state index contributed by atoms with van der Waals surface area (Å²) in [5.74, 6) is -0.846. The van der Waals surface area contributed by atoms with E-state index >= 15 is 0 Å². The smallest absolute Gasteiger partial charge is 0.351 e. The van der Waals surface area contributed by atoms with Gasteiger partial charge in [-0.1, -0.05) is 30.3 Å². The second-order valence-electron chi connectivity index (χ2n) is 5.83. The van der Waals surface area contributed by atoms with Gasteiger partial charge in [0.1, 0.15) is 16.9 Å². The number of aryl methyl sites for hydroxylation is 1. The lowest BCUT2D eigenvalue weighted by Crippen LogP contribution is -2.16. The van der Waals surface area contributed by atoms with Crippen LogP contribution in [0.15, 0.2) is 63.8 Å². The first-order valence-corrected chi connectivity index (χ1v) is 8.56. The van der Waals surface area contributed by atoms with Crippen molar-refractivity contribution in [1.82, 2.24) is 0 Å². The van der Waals surface area contributed by atoms with E-state index < -0.39 is 11.6 Å². The molecule has 0 aliphatic rings. The Hall–Kier alpha value is -3.41. The number of benzene rings is 2. The van der Waals surface area contributed by atoms with E-state index in [1.165, 1.54) is 12.1 Å². The van der Waals surface area contributed by atoms with E-state index in [1.54, 1.807) is 19.1 Å². The third kappa shape index (κ3) is 4.61. The van der Waals surface area contributed by atoms with Crippen LogP contribution in [-0.2, 0) is 16.0 Å². The Morgan fingerprint density at radius 2 is 1.81 bits per heavy atom. The summed E-state index contributed by atoms with van der Waals surface area (Å²) in [6, 6.07) is 15.7. The lowest BCUT2D eigenvalue weighted by atomic mass is 10.1. The predicted molar refractivity (Wildman–Crippen MR) is 98.8 cm³/mol. The molecule has 0 spiro atoms. The molecule has 0 fully saturated rings. The molecule has 138 valence electrons.